The van der Waals surface area contributed by atoms with Gasteiger partial charge in [-0.15, -0.1) is 0 Å². The van der Waals surface area contributed by atoms with E-state index >= 15 is 0 Å². The molecule has 0 saturated carbocycles. The van der Waals surface area contributed by atoms with Crippen molar-refractivity contribution in [3.8, 4) is 5.75 Å². The Labute approximate surface area is 140 Å². The number of benzene rings is 2. The fraction of sp³-hybridized carbons (Fsp3) is 0.167. The molecule has 0 radical (unpaired) electrons. The van der Waals surface area contributed by atoms with Crippen LogP contribution in [0.25, 0.3) is 0 Å². The van der Waals surface area contributed by atoms with Crippen LogP contribution >= 0.6 is 11.8 Å². The summed E-state index contributed by atoms with van der Waals surface area (Å²) >= 11 is 1.76. The number of nitrogens with two attached hydrogens (primary N) is 1. The van der Waals surface area contributed by atoms with Gasteiger partial charge in [0.15, 0.2) is 5.95 Å². The molecule has 3 aromatic rings. The van der Waals surface area contributed by atoms with Gasteiger partial charge in [0.05, 0.1) is 7.11 Å². The summed E-state index contributed by atoms with van der Waals surface area (Å²) in [4.78, 5) is 6.51. The van der Waals surface area contributed by atoms with E-state index in [1.165, 1.54) is 15.4 Å². The minimum atomic E-state index is 0.560. The van der Waals surface area contributed by atoms with Crippen LogP contribution in [0.15, 0.2) is 70.7 Å². The largest absolute Gasteiger partial charge is 0.497 e. The highest BCUT2D eigenvalue weighted by molar-refractivity contribution is 7.99. The molecule has 0 amide bonds. The molecule has 0 aliphatic heterocycles. The van der Waals surface area contributed by atoms with Gasteiger partial charge in [0.1, 0.15) is 5.75 Å². The molecule has 0 unspecified atom stereocenters. The van der Waals surface area contributed by atoms with Gasteiger partial charge in [-0.1, -0.05) is 30.0 Å². The Hall–Kier alpha value is -2.40. The molecule has 2 N–H and O–H groups in total. The summed E-state index contributed by atoms with van der Waals surface area (Å²) in [6.07, 6.45) is 4.56. The van der Waals surface area contributed by atoms with Crippen LogP contribution < -0.4 is 10.5 Å². The highest BCUT2D eigenvalue weighted by Crippen LogP contribution is 2.31. The van der Waals surface area contributed by atoms with Crippen LogP contribution in [0.1, 0.15) is 5.56 Å². The molecule has 0 spiro atoms. The average molecular weight is 325 g/mol. The number of methoxy groups -OCH3 is 1. The van der Waals surface area contributed by atoms with Crippen molar-refractivity contribution in [2.45, 2.75) is 22.8 Å². The third-order valence-electron chi connectivity index (χ3n) is 3.63. The number of nitrogen functional groups attached to an aromatic ring is 1. The maximum absolute atomic E-state index is 5.83. The predicted octanol–water partition coefficient (Wildman–Crippen LogP) is 3.87. The van der Waals surface area contributed by atoms with E-state index in [0.717, 1.165) is 18.7 Å². The fourth-order valence-corrected chi connectivity index (χ4v) is 3.33. The quantitative estimate of drug-likeness (QED) is 0.747. The van der Waals surface area contributed by atoms with Crippen molar-refractivity contribution < 1.29 is 4.74 Å². The van der Waals surface area contributed by atoms with Crippen LogP contribution in [0, 0.1) is 0 Å². The number of rotatable bonds is 6. The van der Waals surface area contributed by atoms with Gasteiger partial charge in [-0.3, -0.25) is 0 Å². The van der Waals surface area contributed by atoms with Gasteiger partial charge in [-0.25, -0.2) is 4.98 Å². The first kappa shape index (κ1) is 15.5. The molecule has 0 aliphatic rings. The molecule has 0 bridgehead atoms. The summed E-state index contributed by atoms with van der Waals surface area (Å²) < 4.78 is 7.17. The van der Waals surface area contributed by atoms with Gasteiger partial charge in [-0.05, 0) is 42.3 Å². The van der Waals surface area contributed by atoms with E-state index in [-0.39, 0.29) is 0 Å². The van der Waals surface area contributed by atoms with E-state index in [4.69, 9.17) is 10.5 Å². The highest BCUT2D eigenvalue weighted by atomic mass is 32.2. The van der Waals surface area contributed by atoms with Gasteiger partial charge < -0.3 is 15.0 Å². The maximum Gasteiger partial charge on any atom is 0.200 e. The third kappa shape index (κ3) is 3.87. The second kappa shape index (κ2) is 7.24. The average Bonchev–Trinajstić information content (AvgIpc) is 3.00. The molecular formula is C18H19N3OS. The second-order valence-corrected chi connectivity index (χ2v) is 6.23. The van der Waals surface area contributed by atoms with E-state index in [1.54, 1.807) is 25.1 Å². The molecule has 5 heteroatoms. The molecule has 1 heterocycles. The van der Waals surface area contributed by atoms with Crippen molar-refractivity contribution >= 4 is 17.7 Å². The first-order valence-corrected chi connectivity index (χ1v) is 8.24. The number of imidazole rings is 1. The molecule has 4 nitrogen and oxygen atoms in total. The van der Waals surface area contributed by atoms with Crippen LogP contribution in [0.3, 0.4) is 0 Å². The number of nitrogens with zero attached hydrogens (tertiary/aromatic N) is 2. The zero-order valence-corrected chi connectivity index (χ0v) is 13.8. The SMILES string of the molecule is COc1ccc(Sc2ccccc2CCn2ccnc2N)cc1. The van der Waals surface area contributed by atoms with Crippen molar-refractivity contribution in [3.63, 3.8) is 0 Å². The standard InChI is InChI=1S/C18H19N3OS/c1-22-15-6-8-16(9-7-15)23-17-5-3-2-4-14(17)10-12-21-13-11-20-18(21)19/h2-9,11,13H,10,12H2,1H3,(H2,19,20). The Bertz CT molecular complexity index is 768. The molecule has 0 aliphatic carbocycles. The summed E-state index contributed by atoms with van der Waals surface area (Å²) in [6.45, 7) is 0.825. The Morgan fingerprint density at radius 1 is 1.13 bits per heavy atom. The Kier molecular flexibility index (Phi) is 4.88. The van der Waals surface area contributed by atoms with Gasteiger partial charge in [0.25, 0.3) is 0 Å². The zero-order chi connectivity index (χ0) is 16.1. The summed E-state index contributed by atoms with van der Waals surface area (Å²) in [6, 6.07) is 16.6. The van der Waals surface area contributed by atoms with Gasteiger partial charge in [0.2, 0.25) is 0 Å². The van der Waals surface area contributed by atoms with Crippen molar-refractivity contribution in [2.75, 3.05) is 12.8 Å². The monoisotopic (exact) mass is 325 g/mol. The van der Waals surface area contributed by atoms with Crippen LogP contribution in [0.5, 0.6) is 5.75 Å². The molecular weight excluding hydrogens is 306 g/mol. The normalized spacial score (nSPS) is 10.7. The van der Waals surface area contributed by atoms with E-state index in [9.17, 15) is 0 Å². The lowest BCUT2D eigenvalue weighted by Gasteiger charge is -2.10. The molecule has 0 atom stereocenters. The summed E-state index contributed by atoms with van der Waals surface area (Å²) in [5.41, 5.74) is 7.14. The van der Waals surface area contributed by atoms with E-state index in [0.29, 0.717) is 5.95 Å². The number of anilines is 1. The summed E-state index contributed by atoms with van der Waals surface area (Å²) in [7, 11) is 1.68. The van der Waals surface area contributed by atoms with Crippen molar-refractivity contribution in [1.82, 2.24) is 9.55 Å². The van der Waals surface area contributed by atoms with Crippen molar-refractivity contribution in [3.05, 3.63) is 66.5 Å². The van der Waals surface area contributed by atoms with Crippen LogP contribution in [0.2, 0.25) is 0 Å². The maximum atomic E-state index is 5.83. The van der Waals surface area contributed by atoms with Crippen molar-refractivity contribution in [1.29, 1.82) is 0 Å². The lowest BCUT2D eigenvalue weighted by molar-refractivity contribution is 0.414. The first-order chi connectivity index (χ1) is 11.3. The summed E-state index contributed by atoms with van der Waals surface area (Å²) in [5, 5.41) is 0. The van der Waals surface area contributed by atoms with Crippen molar-refractivity contribution in [2.24, 2.45) is 0 Å². The lowest BCUT2D eigenvalue weighted by atomic mass is 10.1. The molecule has 0 fully saturated rings. The Balaban J connectivity index is 1.73. The Morgan fingerprint density at radius 3 is 2.61 bits per heavy atom. The van der Waals surface area contributed by atoms with Crippen LogP contribution in [0.4, 0.5) is 5.95 Å². The molecule has 23 heavy (non-hydrogen) atoms. The smallest absolute Gasteiger partial charge is 0.200 e. The highest BCUT2D eigenvalue weighted by Gasteiger charge is 2.06. The molecule has 2 aromatic carbocycles. The predicted molar refractivity (Wildman–Crippen MR) is 93.9 cm³/mol. The van der Waals surface area contributed by atoms with Gasteiger partial charge in [-0.2, -0.15) is 0 Å². The van der Waals surface area contributed by atoms with E-state index in [2.05, 4.69) is 41.4 Å². The number of hydrogen-bond donors (Lipinski definition) is 1. The van der Waals surface area contributed by atoms with E-state index < -0.39 is 0 Å². The van der Waals surface area contributed by atoms with Crippen LogP contribution in [-0.4, -0.2) is 16.7 Å². The van der Waals surface area contributed by atoms with Gasteiger partial charge >= 0.3 is 0 Å². The molecule has 118 valence electrons. The minimum Gasteiger partial charge on any atom is -0.497 e. The number of hydrogen-bond acceptors (Lipinski definition) is 4. The number of aromatic nitrogens is 2. The second-order valence-electron chi connectivity index (χ2n) is 5.11. The van der Waals surface area contributed by atoms with Gasteiger partial charge in [0, 0.05) is 28.7 Å². The van der Waals surface area contributed by atoms with E-state index in [1.807, 2.05) is 22.9 Å². The first-order valence-electron chi connectivity index (χ1n) is 7.42. The van der Waals surface area contributed by atoms with Crippen LogP contribution in [-0.2, 0) is 13.0 Å². The molecule has 3 rings (SSSR count). The Morgan fingerprint density at radius 2 is 1.91 bits per heavy atom. The number of ether oxygens (including phenoxy) is 1. The molecule has 0 saturated heterocycles. The minimum absolute atomic E-state index is 0.560. The summed E-state index contributed by atoms with van der Waals surface area (Å²) in [5.74, 6) is 1.43. The molecule has 1 aromatic heterocycles. The zero-order valence-electron chi connectivity index (χ0n) is 13.0. The number of aryl methyl sites for hydroxylation is 2. The fourth-order valence-electron chi connectivity index (χ4n) is 2.35. The topological polar surface area (TPSA) is 53.1 Å². The third-order valence-corrected chi connectivity index (χ3v) is 4.76. The lowest BCUT2D eigenvalue weighted by Crippen LogP contribution is -2.05.